The molecule has 2 heterocycles. The van der Waals surface area contributed by atoms with Gasteiger partial charge in [0.25, 0.3) is 0 Å². The molecule has 90 valence electrons. The minimum atomic E-state index is -1.06. The van der Waals surface area contributed by atoms with Crippen LogP contribution < -0.4 is 0 Å². The lowest BCUT2D eigenvalue weighted by Crippen LogP contribution is -1.95. The highest BCUT2D eigenvalue weighted by Crippen LogP contribution is 2.32. The fourth-order valence-electron chi connectivity index (χ4n) is 1.79. The molecule has 0 aliphatic rings. The number of para-hydroxylation sites is 1. The summed E-state index contributed by atoms with van der Waals surface area (Å²) in [5.41, 5.74) is 0.917. The lowest BCUT2D eigenvalue weighted by molar-refractivity contribution is 0.0697. The highest BCUT2D eigenvalue weighted by molar-refractivity contribution is 6.34. The van der Waals surface area contributed by atoms with Gasteiger partial charge in [-0.05, 0) is 12.1 Å². The number of carboxylic acids is 1. The number of nitrogens with one attached hydrogen (secondary N) is 1. The van der Waals surface area contributed by atoms with Crippen LogP contribution in [0.5, 0.6) is 0 Å². The first-order valence-electron chi connectivity index (χ1n) is 5.12. The zero-order chi connectivity index (χ0) is 12.7. The van der Waals surface area contributed by atoms with E-state index in [0.717, 1.165) is 5.39 Å². The molecule has 3 rings (SSSR count). The largest absolute Gasteiger partial charge is 0.478 e. The van der Waals surface area contributed by atoms with Gasteiger partial charge in [0.15, 0.2) is 11.3 Å². The van der Waals surface area contributed by atoms with E-state index in [4.69, 9.17) is 21.1 Å². The molecule has 0 spiro atoms. The third-order valence-electron chi connectivity index (χ3n) is 2.61. The zero-order valence-corrected chi connectivity index (χ0v) is 9.73. The van der Waals surface area contributed by atoms with Crippen molar-refractivity contribution in [2.75, 3.05) is 0 Å². The van der Waals surface area contributed by atoms with Gasteiger partial charge in [-0.1, -0.05) is 23.7 Å². The highest BCUT2D eigenvalue weighted by Gasteiger charge is 2.18. The molecule has 0 aliphatic heterocycles. The molecule has 3 aromatic rings. The molecular formula is C12H7ClN2O3. The number of fused-ring (bicyclic) bond motifs is 1. The van der Waals surface area contributed by atoms with Crippen molar-refractivity contribution in [3.63, 3.8) is 0 Å². The second-order valence-electron chi connectivity index (χ2n) is 3.73. The summed E-state index contributed by atoms with van der Waals surface area (Å²) in [6, 6.07) is 7.07. The van der Waals surface area contributed by atoms with Crippen LogP contribution >= 0.6 is 11.6 Å². The average Bonchev–Trinajstić information content (AvgIpc) is 2.95. The van der Waals surface area contributed by atoms with Crippen LogP contribution in [0.15, 0.2) is 34.9 Å². The molecule has 2 N–H and O–H groups in total. The van der Waals surface area contributed by atoms with E-state index < -0.39 is 5.97 Å². The molecule has 6 heteroatoms. The van der Waals surface area contributed by atoms with Crippen LogP contribution in [0.1, 0.15) is 10.4 Å². The molecule has 0 saturated carbocycles. The van der Waals surface area contributed by atoms with E-state index in [1.165, 1.54) is 6.20 Å². The van der Waals surface area contributed by atoms with E-state index in [2.05, 4.69) is 10.2 Å². The molecule has 0 saturated heterocycles. The number of rotatable bonds is 2. The lowest BCUT2D eigenvalue weighted by Gasteiger charge is -1.94. The Balaban J connectivity index is 2.23. The molecule has 2 aromatic heterocycles. The first-order valence-corrected chi connectivity index (χ1v) is 5.49. The van der Waals surface area contributed by atoms with Gasteiger partial charge in [-0.3, -0.25) is 5.10 Å². The maximum Gasteiger partial charge on any atom is 0.339 e. The van der Waals surface area contributed by atoms with E-state index >= 15 is 0 Å². The number of carbonyl (C=O) groups is 1. The molecular weight excluding hydrogens is 256 g/mol. The summed E-state index contributed by atoms with van der Waals surface area (Å²) in [4.78, 5) is 11.0. The molecule has 0 radical (unpaired) electrons. The van der Waals surface area contributed by atoms with Crippen LogP contribution in [0, 0.1) is 0 Å². The Morgan fingerprint density at radius 2 is 2.28 bits per heavy atom. The number of aromatic nitrogens is 2. The number of furan rings is 1. The number of H-pyrrole nitrogens is 1. The van der Waals surface area contributed by atoms with Crippen LogP contribution in [-0.4, -0.2) is 21.3 Å². The molecule has 0 aliphatic carbocycles. The Morgan fingerprint density at radius 3 is 3.00 bits per heavy atom. The van der Waals surface area contributed by atoms with Gasteiger partial charge in [0.1, 0.15) is 11.3 Å². The number of halogens is 1. The summed E-state index contributed by atoms with van der Waals surface area (Å²) >= 11 is 6.00. The van der Waals surface area contributed by atoms with Crippen molar-refractivity contribution in [1.29, 1.82) is 0 Å². The molecule has 1 aromatic carbocycles. The number of hydrogen-bond donors (Lipinski definition) is 2. The van der Waals surface area contributed by atoms with Crippen molar-refractivity contribution >= 4 is 28.5 Å². The van der Waals surface area contributed by atoms with Crippen molar-refractivity contribution in [1.82, 2.24) is 10.2 Å². The topological polar surface area (TPSA) is 79.1 Å². The minimum Gasteiger partial charge on any atom is -0.478 e. The summed E-state index contributed by atoms with van der Waals surface area (Å²) in [5, 5.41) is 16.6. The number of carboxylic acid groups (broad SMARTS) is 1. The Bertz CT molecular complexity index is 745. The van der Waals surface area contributed by atoms with Crippen LogP contribution in [0.3, 0.4) is 0 Å². The maximum absolute atomic E-state index is 11.0. The second-order valence-corrected chi connectivity index (χ2v) is 4.14. The summed E-state index contributed by atoms with van der Waals surface area (Å²) in [5.74, 6) is -0.668. The summed E-state index contributed by atoms with van der Waals surface area (Å²) < 4.78 is 5.57. The van der Waals surface area contributed by atoms with Gasteiger partial charge in [0, 0.05) is 5.39 Å². The Labute approximate surface area is 106 Å². The molecule has 5 nitrogen and oxygen atoms in total. The first-order chi connectivity index (χ1) is 8.66. The van der Waals surface area contributed by atoms with Gasteiger partial charge in [-0.2, -0.15) is 5.10 Å². The van der Waals surface area contributed by atoms with E-state index in [1.807, 2.05) is 6.07 Å². The Hall–Kier alpha value is -2.27. The fourth-order valence-corrected chi connectivity index (χ4v) is 2.01. The van der Waals surface area contributed by atoms with Crippen LogP contribution in [0.2, 0.25) is 5.02 Å². The van der Waals surface area contributed by atoms with Gasteiger partial charge in [0.2, 0.25) is 0 Å². The van der Waals surface area contributed by atoms with Gasteiger partial charge in [-0.15, -0.1) is 0 Å². The molecule has 0 fully saturated rings. The third-order valence-corrected chi connectivity index (χ3v) is 2.91. The minimum absolute atomic E-state index is 0.0604. The zero-order valence-electron chi connectivity index (χ0n) is 8.98. The quantitative estimate of drug-likeness (QED) is 0.743. The van der Waals surface area contributed by atoms with Crippen LogP contribution in [-0.2, 0) is 0 Å². The Morgan fingerprint density at radius 1 is 1.44 bits per heavy atom. The van der Waals surface area contributed by atoms with Gasteiger partial charge in [-0.25, -0.2) is 4.79 Å². The fraction of sp³-hybridized carbons (Fsp3) is 0. The standard InChI is InChI=1S/C12H7ClN2O3/c13-8-3-1-2-6-4-9(18-11(6)8)10-7(12(16)17)5-14-15-10/h1-5H,(H,14,15)(H,16,17). The van der Waals surface area contributed by atoms with Gasteiger partial charge in [0.05, 0.1) is 11.2 Å². The predicted octanol–water partition coefficient (Wildman–Crippen LogP) is 3.17. The summed E-state index contributed by atoms with van der Waals surface area (Å²) in [6.07, 6.45) is 1.24. The van der Waals surface area contributed by atoms with E-state index in [9.17, 15) is 4.79 Å². The number of aromatic carboxylic acids is 1. The van der Waals surface area contributed by atoms with E-state index in [1.54, 1.807) is 18.2 Å². The second kappa shape index (κ2) is 3.89. The summed E-state index contributed by atoms with van der Waals surface area (Å²) in [6.45, 7) is 0. The van der Waals surface area contributed by atoms with Crippen LogP contribution in [0.25, 0.3) is 22.4 Å². The monoisotopic (exact) mass is 262 g/mol. The first kappa shape index (κ1) is 10.9. The number of aromatic amines is 1. The lowest BCUT2D eigenvalue weighted by atomic mass is 10.2. The smallest absolute Gasteiger partial charge is 0.339 e. The van der Waals surface area contributed by atoms with Crippen molar-refractivity contribution in [3.8, 4) is 11.5 Å². The van der Waals surface area contributed by atoms with Crippen molar-refractivity contribution < 1.29 is 14.3 Å². The highest BCUT2D eigenvalue weighted by atomic mass is 35.5. The molecule has 0 atom stereocenters. The van der Waals surface area contributed by atoms with Crippen LogP contribution in [0.4, 0.5) is 0 Å². The normalized spacial score (nSPS) is 10.9. The van der Waals surface area contributed by atoms with E-state index in [0.29, 0.717) is 22.1 Å². The molecule has 0 amide bonds. The van der Waals surface area contributed by atoms with Crippen molar-refractivity contribution in [2.45, 2.75) is 0 Å². The van der Waals surface area contributed by atoms with Crippen molar-refractivity contribution in [3.05, 3.63) is 41.0 Å². The maximum atomic E-state index is 11.0. The molecule has 18 heavy (non-hydrogen) atoms. The van der Waals surface area contributed by atoms with Gasteiger partial charge >= 0.3 is 5.97 Å². The number of hydrogen-bond acceptors (Lipinski definition) is 3. The third kappa shape index (κ3) is 1.56. The SMILES string of the molecule is O=C(O)c1cn[nH]c1-c1cc2cccc(Cl)c2o1. The number of benzene rings is 1. The average molecular weight is 263 g/mol. The molecule has 0 bridgehead atoms. The van der Waals surface area contributed by atoms with Crippen molar-refractivity contribution in [2.24, 2.45) is 0 Å². The molecule has 0 unspecified atom stereocenters. The Kier molecular flexibility index (Phi) is 2.34. The number of nitrogens with zero attached hydrogens (tertiary/aromatic N) is 1. The predicted molar refractivity (Wildman–Crippen MR) is 65.8 cm³/mol. The summed E-state index contributed by atoms with van der Waals surface area (Å²) in [7, 11) is 0. The van der Waals surface area contributed by atoms with Gasteiger partial charge < -0.3 is 9.52 Å². The van der Waals surface area contributed by atoms with E-state index in [-0.39, 0.29) is 5.56 Å².